The van der Waals surface area contributed by atoms with Gasteiger partial charge in [-0.1, -0.05) is 18.2 Å². The zero-order valence-electron chi connectivity index (χ0n) is 8.40. The van der Waals surface area contributed by atoms with Gasteiger partial charge in [0.15, 0.2) is 0 Å². The van der Waals surface area contributed by atoms with Gasteiger partial charge in [-0.2, -0.15) is 10.2 Å². The molecular weight excluding hydrogens is 190 g/mol. The first-order valence-corrected chi connectivity index (χ1v) is 4.75. The molecule has 1 N–H and O–H groups in total. The third-order valence-electron chi connectivity index (χ3n) is 2.08. The van der Waals surface area contributed by atoms with E-state index in [0.29, 0.717) is 12.2 Å². The van der Waals surface area contributed by atoms with Crippen molar-refractivity contribution in [2.45, 2.75) is 6.92 Å². The van der Waals surface area contributed by atoms with Gasteiger partial charge in [0.1, 0.15) is 0 Å². The van der Waals surface area contributed by atoms with Crippen LogP contribution in [-0.2, 0) is 4.74 Å². The lowest BCUT2D eigenvalue weighted by atomic mass is 10.1. The summed E-state index contributed by atoms with van der Waals surface area (Å²) in [7, 11) is 0. The Morgan fingerprint density at radius 3 is 3.00 bits per heavy atom. The number of ether oxygens (including phenoxy) is 1. The second-order valence-electron chi connectivity index (χ2n) is 3.04. The first kappa shape index (κ1) is 9.58. The van der Waals surface area contributed by atoms with Gasteiger partial charge in [-0.25, -0.2) is 0 Å². The summed E-state index contributed by atoms with van der Waals surface area (Å²) >= 11 is 0. The second kappa shape index (κ2) is 4.04. The normalized spacial score (nSPS) is 10.2. The number of hydrogen-bond acceptors (Lipinski definition) is 4. The zero-order chi connectivity index (χ0) is 10.7. The predicted octanol–water partition coefficient (Wildman–Crippen LogP) is 1.99. The average Bonchev–Trinajstić information content (AvgIpc) is 2.28. The molecule has 1 heterocycles. The van der Waals surface area contributed by atoms with Crippen LogP contribution in [0, 0.1) is 5.41 Å². The van der Waals surface area contributed by atoms with E-state index in [1.54, 1.807) is 6.20 Å². The molecule has 0 saturated carbocycles. The smallest absolute Gasteiger partial charge is 0.215 e. The van der Waals surface area contributed by atoms with E-state index in [1.807, 2.05) is 31.2 Å². The van der Waals surface area contributed by atoms with Crippen LogP contribution in [0.25, 0.3) is 10.9 Å². The fourth-order valence-electron chi connectivity index (χ4n) is 1.41. The molecule has 4 heteroatoms. The minimum atomic E-state index is 0.142. The van der Waals surface area contributed by atoms with Crippen LogP contribution < -0.4 is 0 Å². The lowest BCUT2D eigenvalue weighted by Gasteiger charge is -2.06. The van der Waals surface area contributed by atoms with Gasteiger partial charge in [0.05, 0.1) is 23.9 Å². The zero-order valence-corrected chi connectivity index (χ0v) is 8.40. The molecule has 0 saturated heterocycles. The summed E-state index contributed by atoms with van der Waals surface area (Å²) in [6.07, 6.45) is 1.56. The monoisotopic (exact) mass is 201 g/mol. The van der Waals surface area contributed by atoms with Gasteiger partial charge in [-0.15, -0.1) is 0 Å². The van der Waals surface area contributed by atoms with Crippen LogP contribution in [0.5, 0.6) is 0 Å². The Kier molecular flexibility index (Phi) is 2.58. The Labute approximate surface area is 87.4 Å². The molecule has 0 unspecified atom stereocenters. The van der Waals surface area contributed by atoms with Crippen molar-refractivity contribution >= 4 is 16.8 Å². The molecule has 2 rings (SSSR count). The SMILES string of the molecule is CCOC(=N)c1cnnc2ccccc12. The number of nitrogens with one attached hydrogen (secondary N) is 1. The van der Waals surface area contributed by atoms with E-state index in [0.717, 1.165) is 10.9 Å². The number of benzene rings is 1. The van der Waals surface area contributed by atoms with Crippen molar-refractivity contribution in [2.75, 3.05) is 6.61 Å². The maximum atomic E-state index is 7.72. The summed E-state index contributed by atoms with van der Waals surface area (Å²) in [5, 5.41) is 16.4. The molecule has 0 fully saturated rings. The van der Waals surface area contributed by atoms with Gasteiger partial charge >= 0.3 is 0 Å². The largest absolute Gasteiger partial charge is 0.478 e. The highest BCUT2D eigenvalue weighted by Crippen LogP contribution is 2.15. The molecule has 0 aliphatic carbocycles. The topological polar surface area (TPSA) is 58.9 Å². The molecule has 0 spiro atoms. The highest BCUT2D eigenvalue weighted by Gasteiger charge is 2.07. The predicted molar refractivity (Wildman–Crippen MR) is 58.0 cm³/mol. The van der Waals surface area contributed by atoms with Gasteiger partial charge in [0, 0.05) is 5.39 Å². The van der Waals surface area contributed by atoms with Crippen molar-refractivity contribution < 1.29 is 4.74 Å². The molecule has 1 aromatic heterocycles. The molecule has 76 valence electrons. The molecule has 0 amide bonds. The Hall–Kier alpha value is -1.97. The van der Waals surface area contributed by atoms with E-state index in [-0.39, 0.29) is 5.90 Å². The van der Waals surface area contributed by atoms with Crippen molar-refractivity contribution in [1.29, 1.82) is 5.41 Å². The summed E-state index contributed by atoms with van der Waals surface area (Å²) in [6.45, 7) is 2.33. The first-order valence-electron chi connectivity index (χ1n) is 4.75. The van der Waals surface area contributed by atoms with Crippen molar-refractivity contribution in [1.82, 2.24) is 10.2 Å². The van der Waals surface area contributed by atoms with Gasteiger partial charge in [0.25, 0.3) is 0 Å². The van der Waals surface area contributed by atoms with Crippen LogP contribution in [0.4, 0.5) is 0 Å². The molecule has 0 atom stereocenters. The lowest BCUT2D eigenvalue weighted by Crippen LogP contribution is -2.06. The van der Waals surface area contributed by atoms with Gasteiger partial charge in [0.2, 0.25) is 5.90 Å². The van der Waals surface area contributed by atoms with E-state index >= 15 is 0 Å². The fraction of sp³-hybridized carbons (Fsp3) is 0.182. The minimum absolute atomic E-state index is 0.142. The summed E-state index contributed by atoms with van der Waals surface area (Å²) in [5.74, 6) is 0.142. The molecule has 2 aromatic rings. The van der Waals surface area contributed by atoms with Gasteiger partial charge in [-0.05, 0) is 13.0 Å². The number of rotatable bonds is 2. The van der Waals surface area contributed by atoms with Crippen LogP contribution in [0.1, 0.15) is 12.5 Å². The molecule has 0 aliphatic rings. The summed E-state index contributed by atoms with van der Waals surface area (Å²) in [4.78, 5) is 0. The van der Waals surface area contributed by atoms with Crippen LogP contribution in [0.2, 0.25) is 0 Å². The second-order valence-corrected chi connectivity index (χ2v) is 3.04. The van der Waals surface area contributed by atoms with Crippen LogP contribution in [0.3, 0.4) is 0 Å². The molecule has 1 aromatic carbocycles. The van der Waals surface area contributed by atoms with Crippen molar-refractivity contribution in [3.05, 3.63) is 36.0 Å². The molecule has 4 nitrogen and oxygen atoms in total. The molecular formula is C11H11N3O. The van der Waals surface area contributed by atoms with Crippen molar-refractivity contribution in [2.24, 2.45) is 0 Å². The summed E-state index contributed by atoms with van der Waals surface area (Å²) in [6, 6.07) is 7.58. The fourth-order valence-corrected chi connectivity index (χ4v) is 1.41. The van der Waals surface area contributed by atoms with E-state index < -0.39 is 0 Å². The quantitative estimate of drug-likeness (QED) is 0.597. The molecule has 0 aliphatic heterocycles. The first-order chi connectivity index (χ1) is 7.33. The van der Waals surface area contributed by atoms with Crippen molar-refractivity contribution in [3.63, 3.8) is 0 Å². The highest BCUT2D eigenvalue weighted by atomic mass is 16.5. The highest BCUT2D eigenvalue weighted by molar-refractivity contribution is 6.03. The Morgan fingerprint density at radius 1 is 1.40 bits per heavy atom. The Balaban J connectivity index is 2.56. The van der Waals surface area contributed by atoms with Gasteiger partial charge < -0.3 is 4.74 Å². The molecule has 15 heavy (non-hydrogen) atoms. The third-order valence-corrected chi connectivity index (χ3v) is 2.08. The van der Waals surface area contributed by atoms with Crippen molar-refractivity contribution in [3.8, 4) is 0 Å². The third kappa shape index (κ3) is 1.79. The van der Waals surface area contributed by atoms with Crippen LogP contribution >= 0.6 is 0 Å². The number of nitrogens with zero attached hydrogens (tertiary/aromatic N) is 2. The Morgan fingerprint density at radius 2 is 2.20 bits per heavy atom. The molecule has 0 bridgehead atoms. The lowest BCUT2D eigenvalue weighted by molar-refractivity contribution is 0.326. The number of fused-ring (bicyclic) bond motifs is 1. The maximum absolute atomic E-state index is 7.72. The van der Waals surface area contributed by atoms with E-state index in [4.69, 9.17) is 10.1 Å². The minimum Gasteiger partial charge on any atom is -0.478 e. The van der Waals surface area contributed by atoms with E-state index in [9.17, 15) is 0 Å². The molecule has 0 radical (unpaired) electrons. The average molecular weight is 201 g/mol. The van der Waals surface area contributed by atoms with E-state index in [1.165, 1.54) is 0 Å². The number of hydrogen-bond donors (Lipinski definition) is 1. The van der Waals surface area contributed by atoms with Crippen LogP contribution in [-0.4, -0.2) is 22.7 Å². The summed E-state index contributed by atoms with van der Waals surface area (Å²) in [5.41, 5.74) is 1.46. The van der Waals surface area contributed by atoms with E-state index in [2.05, 4.69) is 10.2 Å². The summed E-state index contributed by atoms with van der Waals surface area (Å²) < 4.78 is 5.15. The van der Waals surface area contributed by atoms with Gasteiger partial charge in [-0.3, -0.25) is 5.41 Å². The standard InChI is InChI=1S/C11H11N3O/c1-2-15-11(12)9-7-13-14-10-6-4-3-5-8(9)10/h3-7,12H,2H2,1H3. The van der Waals surface area contributed by atoms with Crippen LogP contribution in [0.15, 0.2) is 30.5 Å². The number of aromatic nitrogens is 2. The Bertz CT molecular complexity index is 491. The maximum Gasteiger partial charge on any atom is 0.215 e.